The Kier molecular flexibility index (Phi) is 11.0. The Bertz CT molecular complexity index is 398. The van der Waals surface area contributed by atoms with Crippen LogP contribution in [0.4, 0.5) is 0 Å². The first-order valence-electron chi connectivity index (χ1n) is 6.14. The molecule has 0 aliphatic rings. The summed E-state index contributed by atoms with van der Waals surface area (Å²) in [5.41, 5.74) is 2.32. The number of rotatable bonds is 9. The molecule has 1 unspecified atom stereocenters. The predicted molar refractivity (Wildman–Crippen MR) is 71.3 cm³/mol. The molecule has 0 spiro atoms. The van der Waals surface area contributed by atoms with Gasteiger partial charge < -0.3 is 0 Å². The first-order valence-corrected chi connectivity index (χ1v) is 6.95. The SMILES string of the molecule is C=CC(=O)OC(C)CCCCCOC(=O)CC#P=O. The molecule has 1 atom stereocenters. The van der Waals surface area contributed by atoms with Crippen molar-refractivity contribution in [3.8, 4) is 5.63 Å². The third-order valence-electron chi connectivity index (χ3n) is 2.29. The van der Waals surface area contributed by atoms with Gasteiger partial charge >= 0.3 is 96.1 Å². The monoisotopic (exact) mass is 286 g/mol. The van der Waals surface area contributed by atoms with E-state index in [-0.39, 0.29) is 20.4 Å². The molecule has 0 saturated heterocycles. The number of carbonyl (C=O) groups excluding carboxylic acids is 2. The second-order valence-corrected chi connectivity index (χ2v) is 4.45. The van der Waals surface area contributed by atoms with Gasteiger partial charge in [-0.1, -0.05) is 6.58 Å². The van der Waals surface area contributed by atoms with Crippen molar-refractivity contribution in [2.24, 2.45) is 0 Å². The Morgan fingerprint density at radius 2 is 2.11 bits per heavy atom. The Labute approximate surface area is 114 Å². The number of esters is 2. The number of hydrogen-bond donors (Lipinski definition) is 0. The van der Waals surface area contributed by atoms with Crippen LogP contribution >= 0.6 is 7.92 Å². The molecule has 0 rings (SSSR count). The average Bonchev–Trinajstić information content (AvgIpc) is 2.40. The van der Waals surface area contributed by atoms with Crippen molar-refractivity contribution in [1.29, 1.82) is 0 Å². The van der Waals surface area contributed by atoms with Crippen LogP contribution in [0, 0.1) is 5.63 Å². The molecule has 0 fully saturated rings. The van der Waals surface area contributed by atoms with Gasteiger partial charge in [0, 0.05) is 6.08 Å². The van der Waals surface area contributed by atoms with Gasteiger partial charge in [0.15, 0.2) is 0 Å². The molecule has 0 aromatic heterocycles. The summed E-state index contributed by atoms with van der Waals surface area (Å²) in [6.45, 7) is 5.50. The van der Waals surface area contributed by atoms with Crippen molar-refractivity contribution < 1.29 is 23.6 Å². The van der Waals surface area contributed by atoms with Crippen molar-refractivity contribution in [2.45, 2.75) is 45.1 Å². The van der Waals surface area contributed by atoms with Gasteiger partial charge in [0.05, 0.1) is 0 Å². The molecular formula is C13H19O5P. The molecule has 0 aromatic rings. The van der Waals surface area contributed by atoms with Gasteiger partial charge in [0.1, 0.15) is 0 Å². The van der Waals surface area contributed by atoms with Crippen molar-refractivity contribution in [1.82, 2.24) is 0 Å². The van der Waals surface area contributed by atoms with Crippen molar-refractivity contribution >= 4 is 19.9 Å². The summed E-state index contributed by atoms with van der Waals surface area (Å²) in [5.74, 6) is -0.830. The molecule has 0 radical (unpaired) electrons. The zero-order chi connectivity index (χ0) is 14.5. The molecule has 0 aliphatic carbocycles. The van der Waals surface area contributed by atoms with Crippen molar-refractivity contribution in [2.75, 3.05) is 6.61 Å². The van der Waals surface area contributed by atoms with Crippen LogP contribution in [0.2, 0.25) is 0 Å². The van der Waals surface area contributed by atoms with E-state index in [1.54, 1.807) is 0 Å². The van der Waals surface area contributed by atoms with Gasteiger partial charge in [-0.05, 0) is 0 Å². The summed E-state index contributed by atoms with van der Waals surface area (Å²) in [6.07, 6.45) is 4.25. The molecule has 0 heterocycles. The first-order chi connectivity index (χ1) is 9.10. The topological polar surface area (TPSA) is 69.7 Å². The minimum absolute atomic E-state index is 0.0560. The van der Waals surface area contributed by atoms with E-state index in [0.717, 1.165) is 31.8 Å². The van der Waals surface area contributed by atoms with Gasteiger partial charge in [-0.25, -0.2) is 4.79 Å². The predicted octanol–water partition coefficient (Wildman–Crippen LogP) is 2.85. The fourth-order valence-corrected chi connectivity index (χ4v) is 1.54. The molecular weight excluding hydrogens is 267 g/mol. The Balaban J connectivity index is 3.46. The van der Waals surface area contributed by atoms with Gasteiger partial charge in [-0.15, -0.1) is 0 Å². The van der Waals surface area contributed by atoms with Crippen LogP contribution in [0.3, 0.4) is 0 Å². The Hall–Kier alpha value is -1.31. The van der Waals surface area contributed by atoms with Gasteiger partial charge in [0.25, 0.3) is 0 Å². The average molecular weight is 286 g/mol. The summed E-state index contributed by atoms with van der Waals surface area (Å²) in [5, 5.41) is 0. The normalized spacial score (nSPS) is 11.0. The van der Waals surface area contributed by atoms with E-state index in [4.69, 9.17) is 9.47 Å². The zero-order valence-corrected chi connectivity index (χ0v) is 12.0. The Morgan fingerprint density at radius 1 is 1.37 bits per heavy atom. The first kappa shape index (κ1) is 17.7. The summed E-state index contributed by atoms with van der Waals surface area (Å²) in [6, 6.07) is 0. The number of ether oxygens (including phenoxy) is 2. The fraction of sp³-hybridized carbons (Fsp3) is 0.615. The van der Waals surface area contributed by atoms with Crippen LogP contribution in [-0.2, 0) is 23.6 Å². The second-order valence-electron chi connectivity index (χ2n) is 3.95. The maximum absolute atomic E-state index is 11.0. The second kappa shape index (κ2) is 11.8. The van der Waals surface area contributed by atoms with E-state index in [0.29, 0.717) is 6.61 Å². The Morgan fingerprint density at radius 3 is 2.74 bits per heavy atom. The van der Waals surface area contributed by atoms with Crippen molar-refractivity contribution in [3.63, 3.8) is 0 Å². The third-order valence-corrected chi connectivity index (χ3v) is 2.58. The van der Waals surface area contributed by atoms with Crippen molar-refractivity contribution in [3.05, 3.63) is 12.7 Å². The number of carbonyl (C=O) groups is 2. The minimum atomic E-state index is -0.420. The zero-order valence-electron chi connectivity index (χ0n) is 11.1. The molecule has 0 saturated carbocycles. The van der Waals surface area contributed by atoms with Crippen LogP contribution in [0.15, 0.2) is 12.7 Å². The van der Waals surface area contributed by atoms with E-state index in [1.807, 2.05) is 6.92 Å². The van der Waals surface area contributed by atoms with Crippen LogP contribution in [0.1, 0.15) is 39.0 Å². The quantitative estimate of drug-likeness (QED) is 0.282. The molecule has 0 aliphatic heterocycles. The maximum atomic E-state index is 11.0. The molecule has 0 N–H and O–H groups in total. The molecule has 0 bridgehead atoms. The van der Waals surface area contributed by atoms with Crippen LogP contribution in [-0.4, -0.2) is 24.6 Å². The third kappa shape index (κ3) is 11.5. The molecule has 106 valence electrons. The summed E-state index contributed by atoms with van der Waals surface area (Å²) in [7, 11) is -0.281. The van der Waals surface area contributed by atoms with E-state index in [2.05, 4.69) is 12.2 Å². The van der Waals surface area contributed by atoms with E-state index >= 15 is 0 Å². The van der Waals surface area contributed by atoms with E-state index in [1.165, 1.54) is 0 Å². The van der Waals surface area contributed by atoms with Gasteiger partial charge in [-0.2, -0.15) is 0 Å². The standard InChI is InChI=1S/C13H19O5P/c1-3-12(14)18-11(2)7-5-4-6-9-17-13(15)8-10-19-16/h3,11H,1,4-9H2,2H3. The van der Waals surface area contributed by atoms with Crippen LogP contribution < -0.4 is 0 Å². The van der Waals surface area contributed by atoms with E-state index < -0.39 is 11.9 Å². The molecule has 0 aromatic carbocycles. The summed E-state index contributed by atoms with van der Waals surface area (Å²) in [4.78, 5) is 21.9. The summed E-state index contributed by atoms with van der Waals surface area (Å²) >= 11 is 0. The van der Waals surface area contributed by atoms with Gasteiger partial charge in [-0.3, -0.25) is 0 Å². The summed E-state index contributed by atoms with van der Waals surface area (Å²) < 4.78 is 19.9. The number of unbranched alkanes of at least 4 members (excludes halogenated alkanes) is 2. The van der Waals surface area contributed by atoms with E-state index in [9.17, 15) is 14.2 Å². The molecule has 6 heteroatoms. The van der Waals surface area contributed by atoms with Crippen LogP contribution in [0.5, 0.6) is 0 Å². The number of hydrogen-bond acceptors (Lipinski definition) is 5. The van der Waals surface area contributed by atoms with Crippen LogP contribution in [0.25, 0.3) is 0 Å². The van der Waals surface area contributed by atoms with Gasteiger partial charge in [0.2, 0.25) is 0 Å². The molecule has 5 nitrogen and oxygen atoms in total. The molecule has 0 amide bonds. The molecule has 19 heavy (non-hydrogen) atoms. The fourth-order valence-electron chi connectivity index (χ4n) is 1.35.